The third kappa shape index (κ3) is 4.73. The third-order valence-electron chi connectivity index (χ3n) is 2.85. The van der Waals surface area contributed by atoms with Crippen molar-refractivity contribution in [2.75, 3.05) is 25.0 Å². The van der Waals surface area contributed by atoms with E-state index in [1.807, 2.05) is 6.92 Å². The fraction of sp³-hybridized carbons (Fsp3) is 0.429. The smallest absolute Gasteiger partial charge is 0.244 e. The Bertz CT molecular complexity index is 552. The molecule has 8 heteroatoms. The Morgan fingerprint density at radius 3 is 2.50 bits per heavy atom. The van der Waals surface area contributed by atoms with E-state index >= 15 is 0 Å². The van der Waals surface area contributed by atoms with Crippen LogP contribution in [0.4, 0.5) is 18.9 Å². The molecular weight excluding hydrogens is 299 g/mol. The summed E-state index contributed by atoms with van der Waals surface area (Å²) in [6.45, 7) is 2.01. The van der Waals surface area contributed by atoms with Crippen LogP contribution in [0.15, 0.2) is 12.1 Å². The largest absolute Gasteiger partial charge is 0.333 e. The monoisotopic (exact) mass is 317 g/mol. The van der Waals surface area contributed by atoms with Gasteiger partial charge < -0.3 is 16.0 Å². The van der Waals surface area contributed by atoms with E-state index in [-0.39, 0.29) is 25.4 Å². The molecule has 1 aromatic carbocycles. The highest BCUT2D eigenvalue weighted by molar-refractivity contribution is 5.94. The van der Waals surface area contributed by atoms with E-state index in [0.29, 0.717) is 19.0 Å². The zero-order valence-corrected chi connectivity index (χ0v) is 12.2. The van der Waals surface area contributed by atoms with Crippen molar-refractivity contribution < 1.29 is 22.8 Å². The second kappa shape index (κ2) is 8.38. The molecule has 0 atom stereocenters. The van der Waals surface area contributed by atoms with Crippen LogP contribution >= 0.6 is 0 Å². The molecule has 0 aliphatic carbocycles. The first-order valence-electron chi connectivity index (χ1n) is 6.81. The van der Waals surface area contributed by atoms with Crippen LogP contribution in [0.3, 0.4) is 0 Å². The highest BCUT2D eigenvalue weighted by Crippen LogP contribution is 2.19. The van der Waals surface area contributed by atoms with Gasteiger partial charge in [0.2, 0.25) is 11.8 Å². The van der Waals surface area contributed by atoms with E-state index in [2.05, 4.69) is 5.32 Å². The minimum absolute atomic E-state index is 0.0901. The van der Waals surface area contributed by atoms with Gasteiger partial charge in [-0.3, -0.25) is 9.59 Å². The minimum Gasteiger partial charge on any atom is -0.333 e. The van der Waals surface area contributed by atoms with Crippen molar-refractivity contribution in [2.24, 2.45) is 5.73 Å². The van der Waals surface area contributed by atoms with Gasteiger partial charge in [0.1, 0.15) is 0 Å². The lowest BCUT2D eigenvalue weighted by molar-refractivity contribution is -0.134. The topological polar surface area (TPSA) is 75.4 Å². The number of nitrogens with one attached hydrogen (secondary N) is 1. The van der Waals surface area contributed by atoms with Crippen LogP contribution in [-0.2, 0) is 9.59 Å². The van der Waals surface area contributed by atoms with Crippen molar-refractivity contribution in [3.8, 4) is 0 Å². The molecule has 22 heavy (non-hydrogen) atoms. The van der Waals surface area contributed by atoms with Gasteiger partial charge >= 0.3 is 0 Å². The molecule has 2 amide bonds. The number of carbonyl (C=O) groups excluding carboxylic acids is 2. The van der Waals surface area contributed by atoms with E-state index in [1.165, 1.54) is 4.90 Å². The summed E-state index contributed by atoms with van der Waals surface area (Å²) < 4.78 is 39.3. The molecule has 0 saturated heterocycles. The molecule has 1 rings (SSSR count). The molecule has 3 N–H and O–H groups in total. The van der Waals surface area contributed by atoms with Crippen LogP contribution in [0.1, 0.15) is 19.8 Å². The lowest BCUT2D eigenvalue weighted by atomic mass is 10.2. The molecule has 0 unspecified atom stereocenters. The molecular formula is C14H18F3N3O2. The van der Waals surface area contributed by atoms with Gasteiger partial charge in [0, 0.05) is 19.5 Å². The van der Waals surface area contributed by atoms with Gasteiger partial charge in [0.15, 0.2) is 17.5 Å². The number of anilines is 1. The van der Waals surface area contributed by atoms with Crippen molar-refractivity contribution in [3.05, 3.63) is 29.6 Å². The molecule has 122 valence electrons. The highest BCUT2D eigenvalue weighted by Gasteiger charge is 2.19. The number of carbonyl (C=O) groups is 2. The normalized spacial score (nSPS) is 10.4. The fourth-order valence-electron chi connectivity index (χ4n) is 1.83. The van der Waals surface area contributed by atoms with E-state index in [4.69, 9.17) is 5.73 Å². The molecule has 0 aliphatic rings. The van der Waals surface area contributed by atoms with Gasteiger partial charge in [-0.05, 0) is 18.6 Å². The number of hydrogen-bond donors (Lipinski definition) is 2. The van der Waals surface area contributed by atoms with E-state index in [1.54, 1.807) is 0 Å². The minimum atomic E-state index is -1.66. The Balaban J connectivity index is 2.75. The van der Waals surface area contributed by atoms with Crippen LogP contribution < -0.4 is 11.1 Å². The molecule has 1 aromatic rings. The summed E-state index contributed by atoms with van der Waals surface area (Å²) in [7, 11) is 0. The molecule has 0 fully saturated rings. The van der Waals surface area contributed by atoms with Crippen molar-refractivity contribution in [2.45, 2.75) is 19.8 Å². The number of hydrogen-bond acceptors (Lipinski definition) is 3. The summed E-state index contributed by atoms with van der Waals surface area (Å²) in [4.78, 5) is 24.9. The van der Waals surface area contributed by atoms with Crippen LogP contribution in [0.5, 0.6) is 0 Å². The van der Waals surface area contributed by atoms with Gasteiger partial charge in [-0.1, -0.05) is 6.92 Å². The Hall–Kier alpha value is -2.09. The average molecular weight is 317 g/mol. The van der Waals surface area contributed by atoms with Gasteiger partial charge in [-0.25, -0.2) is 13.2 Å². The first-order chi connectivity index (χ1) is 10.4. The first-order valence-corrected chi connectivity index (χ1v) is 6.81. The van der Waals surface area contributed by atoms with Crippen LogP contribution in [0.25, 0.3) is 0 Å². The van der Waals surface area contributed by atoms with Gasteiger partial charge in [0.05, 0.1) is 12.2 Å². The van der Waals surface area contributed by atoms with Gasteiger partial charge in [-0.2, -0.15) is 0 Å². The quantitative estimate of drug-likeness (QED) is 0.751. The molecule has 0 bridgehead atoms. The standard InChI is InChI=1S/C14H18F3N3O2/c1-2-7-20(12(22)5-6-18)8-11(21)19-10-4-3-9(15)13(16)14(10)17/h3-4H,2,5-8,18H2,1H3,(H,19,21). The van der Waals surface area contributed by atoms with Crippen molar-refractivity contribution >= 4 is 17.5 Å². The Morgan fingerprint density at radius 1 is 1.23 bits per heavy atom. The molecule has 5 nitrogen and oxygen atoms in total. The Morgan fingerprint density at radius 2 is 1.91 bits per heavy atom. The lowest BCUT2D eigenvalue weighted by Crippen LogP contribution is -2.39. The Labute approximate surface area is 126 Å². The maximum atomic E-state index is 13.5. The number of amides is 2. The molecule has 0 aliphatic heterocycles. The summed E-state index contributed by atoms with van der Waals surface area (Å²) >= 11 is 0. The summed E-state index contributed by atoms with van der Waals surface area (Å²) in [6.07, 6.45) is 0.718. The molecule has 0 aromatic heterocycles. The second-order valence-corrected chi connectivity index (χ2v) is 4.63. The zero-order chi connectivity index (χ0) is 16.7. The maximum Gasteiger partial charge on any atom is 0.244 e. The number of benzene rings is 1. The van der Waals surface area contributed by atoms with E-state index in [9.17, 15) is 22.8 Å². The predicted molar refractivity (Wildman–Crippen MR) is 75.5 cm³/mol. The van der Waals surface area contributed by atoms with Crippen molar-refractivity contribution in [1.29, 1.82) is 0 Å². The average Bonchev–Trinajstić information content (AvgIpc) is 2.48. The number of nitrogens with zero attached hydrogens (tertiary/aromatic N) is 1. The summed E-state index contributed by atoms with van der Waals surface area (Å²) in [5.41, 5.74) is 4.81. The van der Waals surface area contributed by atoms with Crippen molar-refractivity contribution in [1.82, 2.24) is 4.90 Å². The van der Waals surface area contributed by atoms with Gasteiger partial charge in [0.25, 0.3) is 0 Å². The van der Waals surface area contributed by atoms with Crippen LogP contribution in [0, 0.1) is 17.5 Å². The molecule has 0 saturated carbocycles. The summed E-state index contributed by atoms with van der Waals surface area (Å²) in [6, 6.07) is 1.62. The van der Waals surface area contributed by atoms with Crippen molar-refractivity contribution in [3.63, 3.8) is 0 Å². The second-order valence-electron chi connectivity index (χ2n) is 4.63. The summed E-state index contributed by atoms with van der Waals surface area (Å²) in [5, 5.41) is 2.12. The predicted octanol–water partition coefficient (Wildman–Crippen LogP) is 1.63. The summed E-state index contributed by atoms with van der Waals surface area (Å²) in [5.74, 6) is -5.50. The highest BCUT2D eigenvalue weighted by atomic mass is 19.2. The number of rotatable bonds is 7. The lowest BCUT2D eigenvalue weighted by Gasteiger charge is -2.21. The Kier molecular flexibility index (Phi) is 6.84. The molecule has 0 spiro atoms. The zero-order valence-electron chi connectivity index (χ0n) is 12.2. The van der Waals surface area contributed by atoms with Crippen LogP contribution in [0.2, 0.25) is 0 Å². The van der Waals surface area contributed by atoms with Crippen LogP contribution in [-0.4, -0.2) is 36.3 Å². The van der Waals surface area contributed by atoms with Gasteiger partial charge in [-0.15, -0.1) is 0 Å². The maximum absolute atomic E-state index is 13.5. The van der Waals surface area contributed by atoms with E-state index < -0.39 is 29.0 Å². The molecule has 0 radical (unpaired) electrons. The number of halogens is 3. The first kappa shape index (κ1) is 18.0. The van der Waals surface area contributed by atoms with E-state index in [0.717, 1.165) is 6.07 Å². The third-order valence-corrected chi connectivity index (χ3v) is 2.85. The number of nitrogens with two attached hydrogens (primary N) is 1. The molecule has 0 heterocycles. The SMILES string of the molecule is CCCN(CC(=O)Nc1ccc(F)c(F)c1F)C(=O)CCN. The fourth-order valence-corrected chi connectivity index (χ4v) is 1.83.